The summed E-state index contributed by atoms with van der Waals surface area (Å²) in [6.07, 6.45) is 10.5. The zero-order valence-corrected chi connectivity index (χ0v) is 17.4. The summed E-state index contributed by atoms with van der Waals surface area (Å²) in [5, 5.41) is 10.4. The molecular formula is C22H34N4O2. The molecule has 0 atom stereocenters. The summed E-state index contributed by atoms with van der Waals surface area (Å²) in [5.41, 5.74) is 3.68. The first kappa shape index (κ1) is 20.6. The number of likely N-dealkylation sites (N-methyl/N-ethyl adjacent to an activating group) is 1. The Balaban J connectivity index is 1.68. The minimum atomic E-state index is -0.387. The van der Waals surface area contributed by atoms with Gasteiger partial charge in [-0.05, 0) is 56.6 Å². The van der Waals surface area contributed by atoms with Crippen LogP contribution in [0, 0.1) is 5.92 Å². The van der Waals surface area contributed by atoms with Crippen molar-refractivity contribution in [3.63, 3.8) is 0 Å². The van der Waals surface area contributed by atoms with E-state index in [4.69, 9.17) is 5.11 Å². The molecule has 1 aliphatic carbocycles. The van der Waals surface area contributed by atoms with E-state index < -0.39 is 0 Å². The summed E-state index contributed by atoms with van der Waals surface area (Å²) in [4.78, 5) is 24.0. The van der Waals surface area contributed by atoms with Crippen LogP contribution < -0.4 is 10.7 Å². The zero-order chi connectivity index (χ0) is 20.1. The fourth-order valence-corrected chi connectivity index (χ4v) is 4.50. The molecule has 1 saturated carbocycles. The van der Waals surface area contributed by atoms with Crippen LogP contribution in [-0.2, 0) is 4.79 Å². The van der Waals surface area contributed by atoms with Crippen molar-refractivity contribution in [1.29, 1.82) is 0 Å². The van der Waals surface area contributed by atoms with Gasteiger partial charge in [-0.3, -0.25) is 4.79 Å². The second-order valence-electron chi connectivity index (χ2n) is 8.01. The molecular weight excluding hydrogens is 352 g/mol. The van der Waals surface area contributed by atoms with Gasteiger partial charge in [0, 0.05) is 55.9 Å². The molecule has 2 N–H and O–H groups in total. The maximum Gasteiger partial charge on any atom is 0.248 e. The summed E-state index contributed by atoms with van der Waals surface area (Å²) in [6.45, 7) is 5.22. The van der Waals surface area contributed by atoms with E-state index in [9.17, 15) is 4.79 Å². The van der Waals surface area contributed by atoms with Crippen LogP contribution in [0.25, 0.3) is 5.70 Å². The van der Waals surface area contributed by atoms with Crippen molar-refractivity contribution in [3.05, 3.63) is 34.7 Å². The predicted molar refractivity (Wildman–Crippen MR) is 111 cm³/mol. The van der Waals surface area contributed by atoms with Crippen LogP contribution in [0.4, 0.5) is 0 Å². The number of carbonyl (C=O) groups excluding carboxylic acids is 1. The molecule has 0 radical (unpaired) electrons. The molecule has 2 aliphatic rings. The number of hydrogen-bond acceptors (Lipinski definition) is 4. The number of hydrogen-bond donors (Lipinski definition) is 2. The number of aliphatic hydroxyl groups is 1. The molecule has 0 unspecified atom stereocenters. The molecule has 154 valence electrons. The summed E-state index contributed by atoms with van der Waals surface area (Å²) in [5.74, 6) is 0.376. The first-order valence-corrected chi connectivity index (χ1v) is 10.6. The Morgan fingerprint density at radius 1 is 1.29 bits per heavy atom. The number of aliphatic hydroxyl groups excluding tert-OH is 1. The van der Waals surface area contributed by atoms with E-state index in [1.54, 1.807) is 4.90 Å². The van der Waals surface area contributed by atoms with E-state index in [-0.39, 0.29) is 12.5 Å². The highest BCUT2D eigenvalue weighted by Gasteiger charge is 2.27. The van der Waals surface area contributed by atoms with Crippen molar-refractivity contribution in [2.75, 3.05) is 26.7 Å². The Kier molecular flexibility index (Phi) is 6.94. The van der Waals surface area contributed by atoms with Gasteiger partial charge in [0.2, 0.25) is 5.91 Å². The van der Waals surface area contributed by atoms with Crippen molar-refractivity contribution in [3.8, 4) is 0 Å². The number of aromatic nitrogens is 1. The molecule has 3 rings (SSSR count). The van der Waals surface area contributed by atoms with Gasteiger partial charge in [0.1, 0.15) is 12.1 Å². The Hall–Kier alpha value is -2.08. The van der Waals surface area contributed by atoms with Crippen molar-refractivity contribution in [2.45, 2.75) is 58.4 Å². The highest BCUT2D eigenvalue weighted by molar-refractivity contribution is 5.77. The van der Waals surface area contributed by atoms with Gasteiger partial charge in [-0.15, -0.1) is 0 Å². The van der Waals surface area contributed by atoms with Crippen LogP contribution in [0.5, 0.6) is 0 Å². The molecule has 1 aromatic rings. The molecule has 6 nitrogen and oxygen atoms in total. The summed E-state index contributed by atoms with van der Waals surface area (Å²) in [7, 11) is 2.23. The van der Waals surface area contributed by atoms with E-state index >= 15 is 0 Å². The lowest BCUT2D eigenvalue weighted by atomic mass is 9.84. The predicted octanol–water partition coefficient (Wildman–Crippen LogP) is 1.77. The fraction of sp³-hybridized carbons (Fsp3) is 0.636. The standard InChI is InChI=1S/C22H34N4O2/c1-4-16-12-20(19-10-11-23-22(19)24-13-16)25(3)18-8-6-17(7-9-18)14-26(5-2)21(28)15-27/h10-11,13,17-18,27H,4-9,12,14-15H2,1-3H3,(H,23,24). The fourth-order valence-electron chi connectivity index (χ4n) is 4.50. The Labute approximate surface area is 167 Å². The summed E-state index contributed by atoms with van der Waals surface area (Å²) < 4.78 is 0. The van der Waals surface area contributed by atoms with E-state index in [0.29, 0.717) is 18.5 Å². The third kappa shape index (κ3) is 4.49. The third-order valence-electron chi connectivity index (χ3n) is 6.40. The van der Waals surface area contributed by atoms with Crippen molar-refractivity contribution in [2.24, 2.45) is 10.9 Å². The number of nitrogens with zero attached hydrogens (tertiary/aromatic N) is 3. The topological polar surface area (TPSA) is 71.9 Å². The van der Waals surface area contributed by atoms with Gasteiger partial charge in [0.05, 0.1) is 0 Å². The average Bonchev–Trinajstić information content (AvgIpc) is 3.12. The average molecular weight is 387 g/mol. The number of fused-ring (bicyclic) bond motifs is 1. The minimum Gasteiger partial charge on any atom is -0.387 e. The van der Waals surface area contributed by atoms with Crippen LogP contribution in [-0.4, -0.2) is 58.6 Å². The maximum absolute atomic E-state index is 11.8. The van der Waals surface area contributed by atoms with Crippen molar-refractivity contribution < 1.29 is 9.90 Å². The molecule has 28 heavy (non-hydrogen) atoms. The molecule has 1 aromatic heterocycles. The number of nitrogens with one attached hydrogen (secondary N) is 1. The third-order valence-corrected chi connectivity index (χ3v) is 6.40. The van der Waals surface area contributed by atoms with E-state index in [1.165, 1.54) is 16.5 Å². The van der Waals surface area contributed by atoms with Gasteiger partial charge in [-0.2, -0.15) is 0 Å². The molecule has 1 aliphatic heterocycles. The van der Waals surface area contributed by atoms with Gasteiger partial charge < -0.3 is 19.9 Å². The number of carbonyl (C=O) groups is 1. The maximum atomic E-state index is 11.8. The van der Waals surface area contributed by atoms with Crippen LogP contribution in [0.1, 0.15) is 52.4 Å². The van der Waals surface area contributed by atoms with Gasteiger partial charge >= 0.3 is 0 Å². The molecule has 6 heteroatoms. The molecule has 1 fully saturated rings. The van der Waals surface area contributed by atoms with Gasteiger partial charge in [0.15, 0.2) is 0 Å². The first-order chi connectivity index (χ1) is 13.6. The Morgan fingerprint density at radius 2 is 2.04 bits per heavy atom. The van der Waals surface area contributed by atoms with Crippen LogP contribution in [0.2, 0.25) is 0 Å². The molecule has 0 spiro atoms. The first-order valence-electron chi connectivity index (χ1n) is 10.6. The molecule has 0 aromatic carbocycles. The highest BCUT2D eigenvalue weighted by atomic mass is 16.3. The second-order valence-corrected chi connectivity index (χ2v) is 8.01. The minimum absolute atomic E-state index is 0.154. The normalized spacial score (nSPS) is 22.0. The van der Waals surface area contributed by atoms with Crippen molar-refractivity contribution in [1.82, 2.24) is 14.8 Å². The van der Waals surface area contributed by atoms with Gasteiger partial charge in [-0.25, -0.2) is 4.99 Å². The largest absolute Gasteiger partial charge is 0.387 e. The lowest BCUT2D eigenvalue weighted by molar-refractivity contribution is -0.134. The molecule has 1 amide bonds. The SMILES string of the molecule is CCC1=CN=c2[nH]ccc2=C(N(C)C2CCC(CN(CC)C(=O)CO)CC2)C1. The van der Waals surface area contributed by atoms with E-state index in [1.807, 2.05) is 19.3 Å². The number of rotatable bonds is 7. The van der Waals surface area contributed by atoms with Gasteiger partial charge in [-0.1, -0.05) is 6.92 Å². The van der Waals surface area contributed by atoms with Crippen molar-refractivity contribution >= 4 is 11.6 Å². The smallest absolute Gasteiger partial charge is 0.248 e. The Morgan fingerprint density at radius 3 is 2.68 bits per heavy atom. The lowest BCUT2D eigenvalue weighted by Gasteiger charge is -2.38. The zero-order valence-electron chi connectivity index (χ0n) is 17.4. The number of aromatic amines is 1. The quantitative estimate of drug-likeness (QED) is 0.750. The summed E-state index contributed by atoms with van der Waals surface area (Å²) >= 11 is 0. The van der Waals surface area contributed by atoms with Crippen LogP contribution in [0.15, 0.2) is 29.0 Å². The number of amides is 1. The van der Waals surface area contributed by atoms with Crippen LogP contribution in [0.3, 0.4) is 0 Å². The molecule has 2 heterocycles. The Bertz CT molecular complexity index is 818. The number of H-pyrrole nitrogens is 1. The highest BCUT2D eigenvalue weighted by Crippen LogP contribution is 2.31. The van der Waals surface area contributed by atoms with Crippen LogP contribution >= 0.6 is 0 Å². The summed E-state index contributed by atoms with van der Waals surface area (Å²) in [6, 6.07) is 2.66. The van der Waals surface area contributed by atoms with Gasteiger partial charge in [0.25, 0.3) is 0 Å². The van der Waals surface area contributed by atoms with E-state index in [2.05, 4.69) is 34.9 Å². The monoisotopic (exact) mass is 386 g/mol. The molecule has 0 bridgehead atoms. The second kappa shape index (κ2) is 9.41. The lowest BCUT2D eigenvalue weighted by Crippen LogP contribution is -2.42. The molecule has 0 saturated heterocycles. The van der Waals surface area contributed by atoms with E-state index in [0.717, 1.165) is 50.6 Å².